The molecule has 1 heterocycles. The minimum absolute atomic E-state index is 0. The van der Waals surface area contributed by atoms with Crippen LogP contribution in [0.3, 0.4) is 0 Å². The second-order valence-electron chi connectivity index (χ2n) is 6.84. The first-order valence-corrected chi connectivity index (χ1v) is 9.81. The second kappa shape index (κ2) is 14.0. The Morgan fingerprint density at radius 2 is 1.63 bits per heavy atom. The quantitative estimate of drug-likeness (QED) is 0.610. The van der Waals surface area contributed by atoms with Crippen molar-refractivity contribution >= 4 is 36.6 Å². The minimum Gasteiger partial charge on any atom is -0.495 e. The fourth-order valence-electron chi connectivity index (χ4n) is 3.37. The van der Waals surface area contributed by atoms with Crippen LogP contribution in [0.15, 0.2) is 54.6 Å². The number of hydrogen-bond donors (Lipinski definition) is 1. The van der Waals surface area contributed by atoms with Gasteiger partial charge in [-0.25, -0.2) is 4.79 Å². The lowest BCUT2D eigenvalue weighted by Gasteiger charge is -2.36. The maximum absolute atomic E-state index is 11.8. The Morgan fingerprint density at radius 1 is 0.967 bits per heavy atom. The molecule has 0 atom stereocenters. The summed E-state index contributed by atoms with van der Waals surface area (Å²) in [6, 6.07) is 17.9. The zero-order chi connectivity index (χ0) is 19.6. The molecule has 30 heavy (non-hydrogen) atoms. The number of hydrogen-bond acceptors (Lipinski definition) is 5. The highest BCUT2D eigenvalue weighted by molar-refractivity contribution is 5.85. The average molecular weight is 456 g/mol. The van der Waals surface area contributed by atoms with Gasteiger partial charge in [0.25, 0.3) is 0 Å². The molecular weight excluding hydrogens is 425 g/mol. The summed E-state index contributed by atoms with van der Waals surface area (Å²) in [7, 11) is 1.72. The molecule has 0 spiro atoms. The van der Waals surface area contributed by atoms with Crippen molar-refractivity contribution in [2.24, 2.45) is 0 Å². The number of anilines is 1. The predicted octanol–water partition coefficient (Wildman–Crippen LogP) is 3.98. The van der Waals surface area contributed by atoms with Crippen LogP contribution in [0.4, 0.5) is 10.5 Å². The van der Waals surface area contributed by atoms with E-state index in [0.717, 1.165) is 56.1 Å². The Bertz CT molecular complexity index is 741. The number of alkyl carbamates (subject to hydrolysis) is 1. The molecule has 1 fully saturated rings. The summed E-state index contributed by atoms with van der Waals surface area (Å²) in [5.41, 5.74) is 2.15. The second-order valence-corrected chi connectivity index (χ2v) is 6.84. The van der Waals surface area contributed by atoms with Crippen molar-refractivity contribution in [2.75, 3.05) is 51.3 Å². The maximum atomic E-state index is 11.8. The zero-order valence-corrected chi connectivity index (χ0v) is 18.9. The van der Waals surface area contributed by atoms with Crippen LogP contribution in [0.5, 0.6) is 5.75 Å². The number of halogens is 2. The molecule has 2 aromatic rings. The van der Waals surface area contributed by atoms with E-state index in [0.29, 0.717) is 13.2 Å². The van der Waals surface area contributed by atoms with Crippen molar-refractivity contribution in [1.82, 2.24) is 10.2 Å². The molecule has 1 N–H and O–H groups in total. The number of rotatable bonds is 8. The smallest absolute Gasteiger partial charge is 0.407 e. The molecule has 0 bridgehead atoms. The van der Waals surface area contributed by atoms with E-state index < -0.39 is 0 Å². The van der Waals surface area contributed by atoms with Crippen molar-refractivity contribution in [3.63, 3.8) is 0 Å². The number of methoxy groups -OCH3 is 1. The molecule has 166 valence electrons. The van der Waals surface area contributed by atoms with Crippen LogP contribution in [0.25, 0.3) is 0 Å². The lowest BCUT2D eigenvalue weighted by Crippen LogP contribution is -2.47. The molecule has 0 aliphatic carbocycles. The number of carbonyl (C=O) groups excluding carboxylic acids is 1. The Morgan fingerprint density at radius 3 is 2.33 bits per heavy atom. The number of ether oxygens (including phenoxy) is 2. The summed E-state index contributed by atoms with van der Waals surface area (Å²) in [6.45, 7) is 5.88. The number of amides is 1. The number of nitrogens with one attached hydrogen (secondary N) is 1. The van der Waals surface area contributed by atoms with Crippen molar-refractivity contribution in [3.05, 3.63) is 60.2 Å². The third-order valence-corrected chi connectivity index (χ3v) is 4.93. The highest BCUT2D eigenvalue weighted by Gasteiger charge is 2.19. The zero-order valence-electron chi connectivity index (χ0n) is 17.3. The van der Waals surface area contributed by atoms with Crippen molar-refractivity contribution in [1.29, 1.82) is 0 Å². The normalized spacial score (nSPS) is 13.6. The molecule has 0 aromatic heterocycles. The van der Waals surface area contributed by atoms with E-state index in [-0.39, 0.29) is 30.9 Å². The van der Waals surface area contributed by atoms with Crippen LogP contribution in [0.2, 0.25) is 0 Å². The van der Waals surface area contributed by atoms with E-state index in [1.54, 1.807) is 7.11 Å². The summed E-state index contributed by atoms with van der Waals surface area (Å²) in [4.78, 5) is 16.6. The van der Waals surface area contributed by atoms with Gasteiger partial charge in [-0.3, -0.25) is 4.90 Å². The van der Waals surface area contributed by atoms with Gasteiger partial charge >= 0.3 is 6.09 Å². The van der Waals surface area contributed by atoms with Crippen LogP contribution in [-0.4, -0.2) is 57.4 Å². The van der Waals surface area contributed by atoms with E-state index in [9.17, 15) is 4.79 Å². The summed E-state index contributed by atoms with van der Waals surface area (Å²) in [5.74, 6) is 0.925. The monoisotopic (exact) mass is 455 g/mol. The molecule has 1 aliphatic rings. The van der Waals surface area contributed by atoms with Crippen LogP contribution in [0.1, 0.15) is 12.0 Å². The number of piperazine rings is 1. The Balaban J connectivity index is 0.00000225. The predicted molar refractivity (Wildman–Crippen MR) is 125 cm³/mol. The SMILES string of the molecule is COc1ccccc1N1CCN(CCCNC(=O)OCc2ccccc2)CC1.Cl.Cl. The van der Waals surface area contributed by atoms with E-state index in [2.05, 4.69) is 21.2 Å². The van der Waals surface area contributed by atoms with Gasteiger partial charge in [-0.15, -0.1) is 24.8 Å². The summed E-state index contributed by atoms with van der Waals surface area (Å²) < 4.78 is 10.7. The van der Waals surface area contributed by atoms with Gasteiger partial charge in [-0.2, -0.15) is 0 Å². The summed E-state index contributed by atoms with van der Waals surface area (Å²) in [5, 5.41) is 2.83. The molecular formula is C22H31Cl2N3O3. The van der Waals surface area contributed by atoms with Crippen LogP contribution >= 0.6 is 24.8 Å². The van der Waals surface area contributed by atoms with Gasteiger partial charge in [0, 0.05) is 32.7 Å². The van der Waals surface area contributed by atoms with Gasteiger partial charge in [0.1, 0.15) is 12.4 Å². The summed E-state index contributed by atoms with van der Waals surface area (Å²) in [6.07, 6.45) is 0.555. The third-order valence-electron chi connectivity index (χ3n) is 4.93. The highest BCUT2D eigenvalue weighted by Crippen LogP contribution is 2.28. The van der Waals surface area contributed by atoms with Gasteiger partial charge in [-0.1, -0.05) is 42.5 Å². The lowest BCUT2D eigenvalue weighted by molar-refractivity contribution is 0.139. The topological polar surface area (TPSA) is 54.0 Å². The number of benzene rings is 2. The molecule has 1 amide bonds. The molecule has 1 saturated heterocycles. The Labute approximate surface area is 191 Å². The highest BCUT2D eigenvalue weighted by atomic mass is 35.5. The molecule has 0 unspecified atom stereocenters. The van der Waals surface area contributed by atoms with Gasteiger partial charge in [-0.05, 0) is 30.7 Å². The van der Waals surface area contributed by atoms with Gasteiger partial charge in [0.05, 0.1) is 12.8 Å². The molecule has 0 saturated carbocycles. The van der Waals surface area contributed by atoms with E-state index in [1.807, 2.05) is 48.5 Å². The van der Waals surface area contributed by atoms with E-state index in [1.165, 1.54) is 0 Å². The van der Waals surface area contributed by atoms with Gasteiger partial charge in [0.15, 0.2) is 0 Å². The Kier molecular flexibility index (Phi) is 12.0. The molecule has 2 aromatic carbocycles. The summed E-state index contributed by atoms with van der Waals surface area (Å²) >= 11 is 0. The first-order chi connectivity index (χ1) is 13.8. The molecule has 6 nitrogen and oxygen atoms in total. The van der Waals surface area contributed by atoms with Crippen molar-refractivity contribution in [3.8, 4) is 5.75 Å². The fraction of sp³-hybridized carbons (Fsp3) is 0.409. The molecule has 3 rings (SSSR count). The van der Waals surface area contributed by atoms with Crippen molar-refractivity contribution < 1.29 is 14.3 Å². The first-order valence-electron chi connectivity index (χ1n) is 9.81. The van der Waals surface area contributed by atoms with Gasteiger partial charge in [0.2, 0.25) is 0 Å². The van der Waals surface area contributed by atoms with Crippen LogP contribution < -0.4 is 15.0 Å². The third kappa shape index (κ3) is 7.94. The van der Waals surface area contributed by atoms with Crippen LogP contribution in [-0.2, 0) is 11.3 Å². The molecule has 8 heteroatoms. The van der Waals surface area contributed by atoms with Crippen molar-refractivity contribution in [2.45, 2.75) is 13.0 Å². The maximum Gasteiger partial charge on any atom is 0.407 e. The van der Waals surface area contributed by atoms with E-state index in [4.69, 9.17) is 9.47 Å². The minimum atomic E-state index is -0.357. The Hall–Kier alpha value is -2.15. The standard InChI is InChI=1S/C22H29N3O3.2ClH/c1-27-21-11-6-5-10-20(21)25-16-14-24(15-17-25)13-7-12-23-22(26)28-18-19-8-3-2-4-9-19;;/h2-6,8-11H,7,12-18H2,1H3,(H,23,26);2*1H. The van der Waals surface area contributed by atoms with Crippen LogP contribution in [0, 0.1) is 0 Å². The first kappa shape index (κ1) is 25.9. The molecule has 0 radical (unpaired) electrons. The number of nitrogens with zero attached hydrogens (tertiary/aromatic N) is 2. The number of para-hydroxylation sites is 2. The lowest BCUT2D eigenvalue weighted by atomic mass is 10.2. The largest absolute Gasteiger partial charge is 0.495 e. The van der Waals surface area contributed by atoms with Gasteiger partial charge < -0.3 is 19.7 Å². The average Bonchev–Trinajstić information content (AvgIpc) is 2.76. The molecule has 1 aliphatic heterocycles. The van der Waals surface area contributed by atoms with E-state index >= 15 is 0 Å². The number of carbonyl (C=O) groups is 1. The fourth-order valence-corrected chi connectivity index (χ4v) is 3.37.